The molecular weight excluding hydrogens is 738 g/mol. The second kappa shape index (κ2) is 17.1. The van der Waals surface area contributed by atoms with Crippen LogP contribution in [0.15, 0.2) is 95.8 Å². The van der Waals surface area contributed by atoms with Gasteiger partial charge in [-0.2, -0.15) is 0 Å². The minimum absolute atomic E-state index is 0.00739. The molecule has 0 aliphatic carbocycles. The summed E-state index contributed by atoms with van der Waals surface area (Å²) in [5.74, 6) is 0.963. The van der Waals surface area contributed by atoms with Gasteiger partial charge in [0.05, 0.1) is 22.4 Å². The third-order valence-corrected chi connectivity index (χ3v) is 8.50. The van der Waals surface area contributed by atoms with Gasteiger partial charge < -0.3 is 44.4 Å². The summed E-state index contributed by atoms with van der Waals surface area (Å²) < 4.78 is 17.6. The van der Waals surface area contributed by atoms with Crippen molar-refractivity contribution >= 4 is 29.4 Å². The van der Waals surface area contributed by atoms with E-state index >= 15 is 0 Å². The number of rotatable bonds is 13. The number of nitrogens with zero attached hydrogens (tertiary/aromatic N) is 6. The molecule has 0 unspecified atom stereocenters. The zero-order valence-corrected chi connectivity index (χ0v) is 31.9. The molecule has 0 radical (unpaired) electrons. The Hall–Kier alpha value is -6.50. The predicted octanol–water partition coefficient (Wildman–Crippen LogP) is 4.63. The number of allylic oxidation sites excluding steroid dienone is 1. The van der Waals surface area contributed by atoms with E-state index in [0.717, 1.165) is 5.57 Å². The number of aromatic nitrogens is 5. The molecule has 0 fully saturated rings. The van der Waals surface area contributed by atoms with Crippen molar-refractivity contribution < 1.29 is 49.0 Å². The number of imidazole rings is 1. The molecule has 0 bridgehead atoms. The van der Waals surface area contributed by atoms with Crippen LogP contribution in [0.4, 0.5) is 0 Å². The molecule has 0 aliphatic heterocycles. The smallest absolute Gasteiger partial charge is 0.355 e. The Morgan fingerprint density at radius 3 is 2.07 bits per heavy atom. The lowest BCUT2D eigenvalue weighted by molar-refractivity contribution is -0.305. The molecule has 0 spiro atoms. The lowest BCUT2D eigenvalue weighted by Crippen LogP contribution is -2.39. The summed E-state index contributed by atoms with van der Waals surface area (Å²) in [5.41, 5.74) is 1.94. The van der Waals surface area contributed by atoms with E-state index in [1.165, 1.54) is 66.3 Å². The molecule has 4 heterocycles. The average Bonchev–Trinajstić information content (AvgIpc) is 3.86. The Balaban J connectivity index is 0.000000219. The Morgan fingerprint density at radius 2 is 1.44 bits per heavy atom. The number of aliphatic hydroxyl groups is 4. The van der Waals surface area contributed by atoms with Crippen molar-refractivity contribution in [2.75, 3.05) is 0 Å². The number of carbonyl (C=O) groups is 2. The number of benzene rings is 2. The third kappa shape index (κ3) is 8.82. The van der Waals surface area contributed by atoms with E-state index in [1.54, 1.807) is 29.1 Å². The molecule has 298 valence electrons. The van der Waals surface area contributed by atoms with Gasteiger partial charge in [-0.3, -0.25) is 19.1 Å². The topological polar surface area (TPSA) is 253 Å². The summed E-state index contributed by atoms with van der Waals surface area (Å²) in [4.78, 5) is 39.6. The monoisotopic (exact) mass is 781 g/mol. The second-order valence-corrected chi connectivity index (χ2v) is 13.5. The Morgan fingerprint density at radius 1 is 0.807 bits per heavy atom. The van der Waals surface area contributed by atoms with Gasteiger partial charge >= 0.3 is 11.9 Å². The SMILES string of the molecule is CC(C)=C(c1ncccc1C(O)(O)Oc1ccc2ncoc2c1C=O)N(N)C(C)C.CC(C)c1nccn1-c1ncccc1C(O)(O)Oc1cccc(O)c1C=O. The molecule has 17 nitrogen and oxygen atoms in total. The maximum absolute atomic E-state index is 11.6. The van der Waals surface area contributed by atoms with Crippen LogP contribution in [0.5, 0.6) is 17.2 Å². The van der Waals surface area contributed by atoms with Crippen LogP contribution in [0.3, 0.4) is 0 Å². The van der Waals surface area contributed by atoms with Crippen molar-refractivity contribution in [2.24, 2.45) is 5.84 Å². The van der Waals surface area contributed by atoms with Gasteiger partial charge in [-0.05, 0) is 81.8 Å². The largest absolute Gasteiger partial charge is 0.507 e. The summed E-state index contributed by atoms with van der Waals surface area (Å²) >= 11 is 0. The summed E-state index contributed by atoms with van der Waals surface area (Å²) in [7, 11) is 0. The Labute approximate surface area is 326 Å². The molecule has 0 saturated carbocycles. The number of fused-ring (bicyclic) bond motifs is 1. The molecule has 17 heteroatoms. The number of hydrogen-bond acceptors (Lipinski definition) is 16. The highest BCUT2D eigenvalue weighted by Crippen LogP contribution is 2.35. The average molecular weight is 782 g/mol. The van der Waals surface area contributed by atoms with Crippen LogP contribution in [0.1, 0.15) is 90.8 Å². The highest BCUT2D eigenvalue weighted by atomic mass is 16.8. The van der Waals surface area contributed by atoms with Gasteiger partial charge in [0, 0.05) is 36.7 Å². The van der Waals surface area contributed by atoms with Gasteiger partial charge in [0.25, 0.3) is 0 Å². The van der Waals surface area contributed by atoms with E-state index in [-0.39, 0.29) is 68.6 Å². The number of aldehydes is 2. The number of hydrazine groups is 1. The van der Waals surface area contributed by atoms with Crippen LogP contribution in [0, 0.1) is 0 Å². The quantitative estimate of drug-likeness (QED) is 0.0404. The third-order valence-electron chi connectivity index (χ3n) is 8.50. The van der Waals surface area contributed by atoms with Crippen LogP contribution < -0.4 is 15.3 Å². The number of phenols is 1. The molecule has 2 aromatic carbocycles. The van der Waals surface area contributed by atoms with Gasteiger partial charge in [0.1, 0.15) is 39.8 Å². The van der Waals surface area contributed by atoms with E-state index in [0.29, 0.717) is 29.6 Å². The van der Waals surface area contributed by atoms with Gasteiger partial charge in [-0.15, -0.1) is 0 Å². The summed E-state index contributed by atoms with van der Waals surface area (Å²) in [5, 5.41) is 54.2. The van der Waals surface area contributed by atoms with Crippen molar-refractivity contribution in [1.82, 2.24) is 29.5 Å². The summed E-state index contributed by atoms with van der Waals surface area (Å²) in [6.45, 7) is 11.4. The fraction of sp³-hybridized carbons (Fsp3) is 0.250. The molecule has 6 rings (SSSR count). The first kappa shape index (κ1) is 41.7. The maximum atomic E-state index is 11.6. The number of hydrogen-bond donors (Lipinski definition) is 6. The van der Waals surface area contributed by atoms with Crippen molar-refractivity contribution in [3.63, 3.8) is 0 Å². The molecule has 4 aromatic heterocycles. The van der Waals surface area contributed by atoms with Crippen LogP contribution in [-0.4, -0.2) is 73.7 Å². The number of phenolic OH excluding ortho intramolecular Hbond substituents is 1. The highest BCUT2D eigenvalue weighted by Gasteiger charge is 2.37. The normalized spacial score (nSPS) is 11.6. The number of carbonyl (C=O) groups excluding carboxylic acids is 2. The summed E-state index contributed by atoms with van der Waals surface area (Å²) in [6.07, 6.45) is 8.33. The molecule has 6 aromatic rings. The van der Waals surface area contributed by atoms with E-state index < -0.39 is 11.9 Å². The van der Waals surface area contributed by atoms with Gasteiger partial charge in [0.2, 0.25) is 0 Å². The zero-order valence-electron chi connectivity index (χ0n) is 31.9. The number of nitrogens with two attached hydrogens (primary N) is 1. The van der Waals surface area contributed by atoms with Crippen molar-refractivity contribution in [3.8, 4) is 23.1 Å². The number of oxazole rings is 1. The standard InChI is InChI=1S/C21H24N4O5.C19H19N3O5/c1-12(2)19(25(22)13(3)4)18-15(6-5-9-23-18)21(27,28)30-17-8-7-16-20(14(17)10-26)29-11-24-16;1-12(2)17-21-9-10-22(17)18-14(5-4-8-20-18)19(25,26)27-16-7-3-6-15(24)13(16)11-23/h5-11,13,27-28H,22H2,1-4H3;3-12,24-26H,1-2H3. The van der Waals surface area contributed by atoms with Crippen LogP contribution in [0.2, 0.25) is 0 Å². The predicted molar refractivity (Wildman–Crippen MR) is 205 cm³/mol. The first-order chi connectivity index (χ1) is 27.0. The highest BCUT2D eigenvalue weighted by molar-refractivity contribution is 5.96. The number of ether oxygens (including phenoxy) is 2. The Bertz CT molecular complexity index is 2400. The molecule has 0 aliphatic rings. The minimum atomic E-state index is -2.81. The molecule has 0 atom stereocenters. The minimum Gasteiger partial charge on any atom is -0.507 e. The number of aromatic hydroxyl groups is 1. The molecule has 0 amide bonds. The second-order valence-electron chi connectivity index (χ2n) is 13.5. The molecular formula is C40H43N7O10. The summed E-state index contributed by atoms with van der Waals surface area (Å²) in [6, 6.07) is 12.9. The van der Waals surface area contributed by atoms with E-state index in [1.807, 2.05) is 41.5 Å². The fourth-order valence-corrected chi connectivity index (χ4v) is 5.79. The van der Waals surface area contributed by atoms with Crippen molar-refractivity contribution in [2.45, 2.75) is 65.4 Å². The van der Waals surface area contributed by atoms with Crippen LogP contribution >= 0.6 is 0 Å². The van der Waals surface area contributed by atoms with Crippen molar-refractivity contribution in [1.29, 1.82) is 0 Å². The molecule has 57 heavy (non-hydrogen) atoms. The van der Waals surface area contributed by atoms with Crippen LogP contribution in [0.25, 0.3) is 22.6 Å². The van der Waals surface area contributed by atoms with Gasteiger partial charge in [-0.1, -0.05) is 19.9 Å². The first-order valence-electron chi connectivity index (χ1n) is 17.5. The van der Waals surface area contributed by atoms with E-state index in [9.17, 15) is 35.1 Å². The van der Waals surface area contributed by atoms with Crippen LogP contribution in [-0.2, 0) is 11.9 Å². The lowest BCUT2D eigenvalue weighted by atomic mass is 10.0. The first-order valence-corrected chi connectivity index (χ1v) is 17.5. The maximum Gasteiger partial charge on any atom is 0.355 e. The molecule has 7 N–H and O–H groups in total. The van der Waals surface area contributed by atoms with Gasteiger partial charge in [-0.25, -0.2) is 20.8 Å². The molecule has 0 saturated heterocycles. The van der Waals surface area contributed by atoms with Crippen molar-refractivity contribution in [3.05, 3.63) is 125 Å². The van der Waals surface area contributed by atoms with E-state index in [2.05, 4.69) is 19.9 Å². The zero-order chi connectivity index (χ0) is 41.7. The Kier molecular flexibility index (Phi) is 12.5. The fourth-order valence-electron chi connectivity index (χ4n) is 5.79. The van der Waals surface area contributed by atoms with E-state index in [4.69, 9.17) is 19.7 Å². The lowest BCUT2D eigenvalue weighted by Gasteiger charge is -2.31. The van der Waals surface area contributed by atoms with Gasteiger partial charge in [0.15, 0.2) is 30.4 Å². The number of pyridine rings is 2.